The number of hydrogen-bond donors (Lipinski definition) is 0. The van der Waals surface area contributed by atoms with Crippen molar-refractivity contribution >= 4 is 6.09 Å². The van der Waals surface area contributed by atoms with Gasteiger partial charge in [-0.2, -0.15) is 0 Å². The third-order valence-corrected chi connectivity index (χ3v) is 3.72. The number of piperidine rings is 1. The molecule has 2 rings (SSSR count). The molecule has 0 N–H and O–H groups in total. The molecule has 1 aliphatic heterocycles. The SMILES string of the molecule is CC(C)(C)OC(=O)N1CCCC(COc2ccccc2OC(F)(F)F)C1. The van der Waals surface area contributed by atoms with E-state index in [1.54, 1.807) is 31.7 Å². The zero-order valence-corrected chi connectivity index (χ0v) is 15.1. The van der Waals surface area contributed by atoms with Crippen LogP contribution in [0.25, 0.3) is 0 Å². The fourth-order valence-electron chi connectivity index (χ4n) is 2.68. The predicted octanol–water partition coefficient (Wildman–Crippen LogP) is 4.61. The van der Waals surface area contributed by atoms with Gasteiger partial charge >= 0.3 is 12.5 Å². The Bertz CT molecular complexity index is 613. The summed E-state index contributed by atoms with van der Waals surface area (Å²) >= 11 is 0. The molecular formula is C18H24F3NO4. The number of benzene rings is 1. The molecule has 0 saturated carbocycles. The van der Waals surface area contributed by atoms with E-state index in [1.807, 2.05) is 0 Å². The number of halogens is 3. The van der Waals surface area contributed by atoms with Gasteiger partial charge in [-0.25, -0.2) is 4.79 Å². The molecule has 1 heterocycles. The van der Waals surface area contributed by atoms with E-state index >= 15 is 0 Å². The lowest BCUT2D eigenvalue weighted by atomic mass is 9.99. The Kier molecular flexibility index (Phi) is 6.26. The van der Waals surface area contributed by atoms with Crippen molar-refractivity contribution in [1.29, 1.82) is 0 Å². The number of carbonyl (C=O) groups excluding carboxylic acids is 1. The number of alkyl halides is 3. The average molecular weight is 375 g/mol. The van der Waals surface area contributed by atoms with Crippen molar-refractivity contribution in [2.45, 2.75) is 45.6 Å². The molecule has 8 heteroatoms. The minimum atomic E-state index is -4.78. The summed E-state index contributed by atoms with van der Waals surface area (Å²) in [7, 11) is 0. The molecule has 0 radical (unpaired) electrons. The zero-order chi connectivity index (χ0) is 19.4. The van der Waals surface area contributed by atoms with Gasteiger partial charge in [-0.15, -0.1) is 13.2 Å². The van der Waals surface area contributed by atoms with E-state index in [9.17, 15) is 18.0 Å². The molecule has 1 amide bonds. The maximum absolute atomic E-state index is 12.5. The highest BCUT2D eigenvalue weighted by molar-refractivity contribution is 5.68. The molecule has 0 bridgehead atoms. The number of hydrogen-bond acceptors (Lipinski definition) is 4. The molecule has 0 spiro atoms. The van der Waals surface area contributed by atoms with Crippen LogP contribution in [-0.2, 0) is 4.74 Å². The number of rotatable bonds is 4. The van der Waals surface area contributed by atoms with E-state index in [0.29, 0.717) is 13.1 Å². The Balaban J connectivity index is 1.93. The van der Waals surface area contributed by atoms with Crippen LogP contribution in [0.15, 0.2) is 24.3 Å². The van der Waals surface area contributed by atoms with Crippen molar-refractivity contribution in [2.75, 3.05) is 19.7 Å². The van der Waals surface area contributed by atoms with Gasteiger partial charge in [0.1, 0.15) is 5.60 Å². The van der Waals surface area contributed by atoms with Gasteiger partial charge in [0.2, 0.25) is 0 Å². The van der Waals surface area contributed by atoms with Crippen molar-refractivity contribution in [3.8, 4) is 11.5 Å². The van der Waals surface area contributed by atoms with Crippen molar-refractivity contribution < 1.29 is 32.2 Å². The van der Waals surface area contributed by atoms with Crippen LogP contribution in [0.2, 0.25) is 0 Å². The normalized spacial score (nSPS) is 18.4. The van der Waals surface area contributed by atoms with Gasteiger partial charge in [0.05, 0.1) is 6.61 Å². The van der Waals surface area contributed by atoms with E-state index in [2.05, 4.69) is 4.74 Å². The third kappa shape index (κ3) is 6.65. The number of ether oxygens (including phenoxy) is 3. The predicted molar refractivity (Wildman–Crippen MR) is 89.2 cm³/mol. The molecule has 1 saturated heterocycles. The second-order valence-electron chi connectivity index (χ2n) is 7.24. The minimum Gasteiger partial charge on any atom is -0.489 e. The molecule has 1 aromatic carbocycles. The summed E-state index contributed by atoms with van der Waals surface area (Å²) in [6, 6.07) is 5.65. The summed E-state index contributed by atoms with van der Waals surface area (Å²) in [5.41, 5.74) is -0.575. The number of amides is 1. The van der Waals surface area contributed by atoms with Gasteiger partial charge in [-0.1, -0.05) is 12.1 Å². The van der Waals surface area contributed by atoms with E-state index in [0.717, 1.165) is 12.8 Å². The zero-order valence-electron chi connectivity index (χ0n) is 15.1. The highest BCUT2D eigenvalue weighted by Gasteiger charge is 2.33. The van der Waals surface area contributed by atoms with Crippen molar-refractivity contribution in [3.05, 3.63) is 24.3 Å². The molecule has 26 heavy (non-hydrogen) atoms. The molecule has 1 aliphatic rings. The summed E-state index contributed by atoms with van der Waals surface area (Å²) in [6.45, 7) is 6.63. The Morgan fingerprint density at radius 1 is 1.19 bits per heavy atom. The quantitative estimate of drug-likeness (QED) is 0.771. The van der Waals surface area contributed by atoms with Crippen LogP contribution in [0, 0.1) is 5.92 Å². The molecule has 0 aliphatic carbocycles. The number of carbonyl (C=O) groups is 1. The number of para-hydroxylation sites is 2. The van der Waals surface area contributed by atoms with Crippen molar-refractivity contribution in [3.63, 3.8) is 0 Å². The summed E-state index contributed by atoms with van der Waals surface area (Å²) in [4.78, 5) is 13.8. The molecule has 1 atom stereocenters. The average Bonchev–Trinajstić information content (AvgIpc) is 2.51. The minimum absolute atomic E-state index is 0.00945. The number of nitrogens with zero attached hydrogens (tertiary/aromatic N) is 1. The highest BCUT2D eigenvalue weighted by atomic mass is 19.4. The monoisotopic (exact) mass is 375 g/mol. The molecule has 5 nitrogen and oxygen atoms in total. The maximum Gasteiger partial charge on any atom is 0.573 e. The van der Waals surface area contributed by atoms with Crippen molar-refractivity contribution in [1.82, 2.24) is 4.90 Å². The summed E-state index contributed by atoms with van der Waals surface area (Å²) in [5.74, 6) is -0.339. The lowest BCUT2D eigenvalue weighted by Gasteiger charge is -2.34. The second kappa shape index (κ2) is 8.05. The molecule has 1 unspecified atom stereocenters. The van der Waals surface area contributed by atoms with Gasteiger partial charge in [0, 0.05) is 19.0 Å². The van der Waals surface area contributed by atoms with E-state index in [1.165, 1.54) is 18.2 Å². The van der Waals surface area contributed by atoms with E-state index < -0.39 is 12.0 Å². The standard InChI is InChI=1S/C18H24F3NO4/c1-17(2,3)26-16(23)22-10-6-7-13(11-22)12-24-14-8-4-5-9-15(14)25-18(19,20)21/h4-5,8-9,13H,6-7,10-12H2,1-3H3. The molecule has 0 aromatic heterocycles. The summed E-state index contributed by atoms with van der Waals surface area (Å²) < 4.78 is 52.3. The first-order chi connectivity index (χ1) is 12.0. The Morgan fingerprint density at radius 2 is 1.85 bits per heavy atom. The maximum atomic E-state index is 12.5. The van der Waals surface area contributed by atoms with Gasteiger partial charge in [0.15, 0.2) is 11.5 Å². The molecule has 146 valence electrons. The van der Waals surface area contributed by atoms with Gasteiger partial charge in [-0.05, 0) is 45.7 Å². The van der Waals surface area contributed by atoms with Crippen LogP contribution in [0.1, 0.15) is 33.6 Å². The van der Waals surface area contributed by atoms with Crippen LogP contribution in [0.3, 0.4) is 0 Å². The first kappa shape index (κ1) is 20.2. The van der Waals surface area contributed by atoms with Crippen LogP contribution in [0.5, 0.6) is 11.5 Å². The highest BCUT2D eigenvalue weighted by Crippen LogP contribution is 2.32. The van der Waals surface area contributed by atoms with Gasteiger partial charge in [0.25, 0.3) is 0 Å². The van der Waals surface area contributed by atoms with Crippen LogP contribution < -0.4 is 9.47 Å². The molecule has 1 aromatic rings. The van der Waals surface area contributed by atoms with Crippen LogP contribution in [-0.4, -0.2) is 42.7 Å². The first-order valence-corrected chi connectivity index (χ1v) is 8.49. The summed E-state index contributed by atoms with van der Waals surface area (Å²) in [6.07, 6.45) is -3.56. The van der Waals surface area contributed by atoms with Crippen LogP contribution >= 0.6 is 0 Å². The topological polar surface area (TPSA) is 48.0 Å². The fraction of sp³-hybridized carbons (Fsp3) is 0.611. The van der Waals surface area contributed by atoms with Gasteiger partial charge in [-0.3, -0.25) is 0 Å². The lowest BCUT2D eigenvalue weighted by molar-refractivity contribution is -0.275. The molecule has 1 fully saturated rings. The second-order valence-corrected chi connectivity index (χ2v) is 7.24. The van der Waals surface area contributed by atoms with Crippen LogP contribution in [0.4, 0.5) is 18.0 Å². The number of likely N-dealkylation sites (tertiary alicyclic amines) is 1. The Hall–Kier alpha value is -2.12. The smallest absolute Gasteiger partial charge is 0.489 e. The Labute approximate surface area is 151 Å². The summed E-state index contributed by atoms with van der Waals surface area (Å²) in [5, 5.41) is 0. The Morgan fingerprint density at radius 3 is 2.46 bits per heavy atom. The third-order valence-electron chi connectivity index (χ3n) is 3.72. The fourth-order valence-corrected chi connectivity index (χ4v) is 2.68. The van der Waals surface area contributed by atoms with Gasteiger partial charge < -0.3 is 19.1 Å². The first-order valence-electron chi connectivity index (χ1n) is 8.49. The molecular weight excluding hydrogens is 351 g/mol. The van der Waals surface area contributed by atoms with E-state index in [-0.39, 0.29) is 30.1 Å². The van der Waals surface area contributed by atoms with Crippen molar-refractivity contribution in [2.24, 2.45) is 5.92 Å². The van der Waals surface area contributed by atoms with E-state index in [4.69, 9.17) is 9.47 Å². The largest absolute Gasteiger partial charge is 0.573 e. The lowest BCUT2D eigenvalue weighted by Crippen LogP contribution is -2.44.